The number of anilines is 1. The lowest BCUT2D eigenvalue weighted by Gasteiger charge is -2.30. The van der Waals surface area contributed by atoms with Crippen molar-refractivity contribution in [3.8, 4) is 0 Å². The Morgan fingerprint density at radius 1 is 1.35 bits per heavy atom. The van der Waals surface area contributed by atoms with E-state index >= 15 is 0 Å². The van der Waals surface area contributed by atoms with Gasteiger partial charge in [0, 0.05) is 30.5 Å². The zero-order chi connectivity index (χ0) is 16.4. The van der Waals surface area contributed by atoms with Crippen molar-refractivity contribution in [3.05, 3.63) is 28.6 Å². The summed E-state index contributed by atoms with van der Waals surface area (Å²) >= 11 is 1.42. The Balaban J connectivity index is 1.53. The molecule has 23 heavy (non-hydrogen) atoms. The Labute approximate surface area is 137 Å². The van der Waals surface area contributed by atoms with Gasteiger partial charge in [0.25, 0.3) is 5.91 Å². The third kappa shape index (κ3) is 3.58. The van der Waals surface area contributed by atoms with E-state index < -0.39 is 0 Å². The van der Waals surface area contributed by atoms with Crippen molar-refractivity contribution in [1.29, 1.82) is 0 Å². The van der Waals surface area contributed by atoms with Crippen LogP contribution in [0.3, 0.4) is 0 Å². The Hall–Kier alpha value is -2.22. The predicted molar refractivity (Wildman–Crippen MR) is 85.3 cm³/mol. The molecule has 0 radical (unpaired) electrons. The van der Waals surface area contributed by atoms with Crippen LogP contribution in [0.25, 0.3) is 0 Å². The molecule has 1 saturated heterocycles. The molecule has 2 aromatic rings. The largest absolute Gasteiger partial charge is 0.361 e. The van der Waals surface area contributed by atoms with Gasteiger partial charge in [0.2, 0.25) is 5.91 Å². The van der Waals surface area contributed by atoms with E-state index in [0.29, 0.717) is 42.5 Å². The molecular weight excluding hydrogens is 316 g/mol. The fraction of sp³-hybridized carbons (Fsp3) is 0.467. The fourth-order valence-corrected chi connectivity index (χ4v) is 3.28. The molecule has 122 valence electrons. The molecule has 1 aliphatic heterocycles. The SMILES string of the molecule is Cc1csc(NC(=O)C2CCN(C(=O)c3cc(C)on3)CC2)n1. The minimum absolute atomic E-state index is 0.0243. The van der Waals surface area contributed by atoms with E-state index in [2.05, 4.69) is 15.5 Å². The van der Waals surface area contributed by atoms with Gasteiger partial charge < -0.3 is 14.7 Å². The first-order chi connectivity index (χ1) is 11.0. The highest BCUT2D eigenvalue weighted by molar-refractivity contribution is 7.13. The molecule has 2 aromatic heterocycles. The maximum absolute atomic E-state index is 12.3. The van der Waals surface area contributed by atoms with Gasteiger partial charge in [-0.15, -0.1) is 11.3 Å². The number of amides is 2. The third-order valence-corrected chi connectivity index (χ3v) is 4.72. The molecule has 0 spiro atoms. The molecule has 0 aromatic carbocycles. The monoisotopic (exact) mass is 334 g/mol. The molecule has 1 aliphatic rings. The number of hydrogen-bond acceptors (Lipinski definition) is 6. The lowest BCUT2D eigenvalue weighted by atomic mass is 9.96. The molecule has 1 fully saturated rings. The standard InChI is InChI=1S/C15H18N4O3S/c1-9-8-23-15(16-9)17-13(20)11-3-5-19(6-4-11)14(21)12-7-10(2)22-18-12/h7-8,11H,3-6H2,1-2H3,(H,16,17,20). The molecule has 3 heterocycles. The molecular formula is C15H18N4O3S. The molecule has 1 N–H and O–H groups in total. The predicted octanol–water partition coefficient (Wildman–Crippen LogP) is 2.24. The number of nitrogens with one attached hydrogen (secondary N) is 1. The van der Waals surface area contributed by atoms with Gasteiger partial charge in [-0.25, -0.2) is 4.98 Å². The minimum Gasteiger partial charge on any atom is -0.361 e. The summed E-state index contributed by atoms with van der Waals surface area (Å²) in [5.41, 5.74) is 1.22. The normalized spacial score (nSPS) is 15.7. The van der Waals surface area contributed by atoms with E-state index in [-0.39, 0.29) is 17.7 Å². The van der Waals surface area contributed by atoms with Crippen LogP contribution in [0.5, 0.6) is 0 Å². The number of hydrogen-bond donors (Lipinski definition) is 1. The quantitative estimate of drug-likeness (QED) is 0.930. The van der Waals surface area contributed by atoms with E-state index in [9.17, 15) is 9.59 Å². The second-order valence-corrected chi connectivity index (χ2v) is 6.53. The maximum Gasteiger partial charge on any atom is 0.276 e. The Bertz CT molecular complexity index is 716. The Morgan fingerprint density at radius 2 is 2.09 bits per heavy atom. The third-order valence-electron chi connectivity index (χ3n) is 3.85. The van der Waals surface area contributed by atoms with Crippen LogP contribution in [0.2, 0.25) is 0 Å². The van der Waals surface area contributed by atoms with Crippen LogP contribution in [0.4, 0.5) is 5.13 Å². The molecule has 7 nitrogen and oxygen atoms in total. The van der Waals surface area contributed by atoms with Gasteiger partial charge in [-0.05, 0) is 26.7 Å². The van der Waals surface area contributed by atoms with Gasteiger partial charge in [-0.3, -0.25) is 9.59 Å². The number of aromatic nitrogens is 2. The van der Waals surface area contributed by atoms with Gasteiger partial charge in [-0.2, -0.15) is 0 Å². The lowest BCUT2D eigenvalue weighted by molar-refractivity contribution is -0.121. The van der Waals surface area contributed by atoms with Crippen LogP contribution >= 0.6 is 11.3 Å². The van der Waals surface area contributed by atoms with Gasteiger partial charge in [-0.1, -0.05) is 5.16 Å². The van der Waals surface area contributed by atoms with E-state index in [1.54, 1.807) is 17.9 Å². The van der Waals surface area contributed by atoms with Crippen molar-refractivity contribution >= 4 is 28.3 Å². The first kappa shape index (κ1) is 15.7. The van der Waals surface area contributed by atoms with Crippen molar-refractivity contribution in [2.75, 3.05) is 18.4 Å². The van der Waals surface area contributed by atoms with E-state index in [1.807, 2.05) is 12.3 Å². The number of carbonyl (C=O) groups is 2. The number of rotatable bonds is 3. The highest BCUT2D eigenvalue weighted by Crippen LogP contribution is 2.22. The summed E-state index contributed by atoms with van der Waals surface area (Å²) in [5.74, 6) is 0.351. The zero-order valence-corrected chi connectivity index (χ0v) is 13.9. The second kappa shape index (κ2) is 6.49. The minimum atomic E-state index is -0.142. The van der Waals surface area contributed by atoms with E-state index in [4.69, 9.17) is 4.52 Å². The highest BCUT2D eigenvalue weighted by Gasteiger charge is 2.29. The highest BCUT2D eigenvalue weighted by atomic mass is 32.1. The molecule has 8 heteroatoms. The molecule has 0 bridgehead atoms. The number of aryl methyl sites for hydroxylation is 2. The molecule has 2 amide bonds. The zero-order valence-electron chi connectivity index (χ0n) is 13.0. The number of carbonyl (C=O) groups excluding carboxylic acids is 2. The number of nitrogens with zero attached hydrogens (tertiary/aromatic N) is 3. The summed E-state index contributed by atoms with van der Waals surface area (Å²) in [4.78, 5) is 30.5. The van der Waals surface area contributed by atoms with Gasteiger partial charge >= 0.3 is 0 Å². The van der Waals surface area contributed by atoms with Crippen molar-refractivity contribution in [2.45, 2.75) is 26.7 Å². The van der Waals surface area contributed by atoms with Crippen molar-refractivity contribution < 1.29 is 14.1 Å². The van der Waals surface area contributed by atoms with E-state index in [0.717, 1.165) is 5.69 Å². The average Bonchev–Trinajstić information content (AvgIpc) is 3.15. The smallest absolute Gasteiger partial charge is 0.276 e. The molecule has 3 rings (SSSR count). The summed E-state index contributed by atoms with van der Waals surface area (Å²) in [6.07, 6.45) is 1.28. The maximum atomic E-state index is 12.3. The van der Waals surface area contributed by atoms with Crippen molar-refractivity contribution in [1.82, 2.24) is 15.0 Å². The van der Waals surface area contributed by atoms with E-state index in [1.165, 1.54) is 11.3 Å². The van der Waals surface area contributed by atoms with Crippen LogP contribution in [0.15, 0.2) is 16.0 Å². The van der Waals surface area contributed by atoms with Gasteiger partial charge in [0.05, 0.1) is 5.69 Å². The fourth-order valence-electron chi connectivity index (χ4n) is 2.59. The van der Waals surface area contributed by atoms with Gasteiger partial charge in [0.1, 0.15) is 5.76 Å². The molecule has 0 atom stereocenters. The van der Waals surface area contributed by atoms with Crippen LogP contribution in [-0.4, -0.2) is 39.9 Å². The lowest BCUT2D eigenvalue weighted by Crippen LogP contribution is -2.41. The van der Waals surface area contributed by atoms with Crippen LogP contribution < -0.4 is 5.32 Å². The summed E-state index contributed by atoms with van der Waals surface area (Å²) in [6.45, 7) is 4.72. The summed E-state index contributed by atoms with van der Waals surface area (Å²) < 4.78 is 4.94. The first-order valence-electron chi connectivity index (χ1n) is 7.48. The van der Waals surface area contributed by atoms with Crippen LogP contribution in [0.1, 0.15) is 34.8 Å². The summed E-state index contributed by atoms with van der Waals surface area (Å²) in [6, 6.07) is 1.63. The number of likely N-dealkylation sites (tertiary alicyclic amines) is 1. The van der Waals surface area contributed by atoms with Crippen LogP contribution in [0, 0.1) is 19.8 Å². The first-order valence-corrected chi connectivity index (χ1v) is 8.36. The van der Waals surface area contributed by atoms with Crippen molar-refractivity contribution in [3.63, 3.8) is 0 Å². The Kier molecular flexibility index (Phi) is 4.42. The number of thiazole rings is 1. The summed E-state index contributed by atoms with van der Waals surface area (Å²) in [5, 5.41) is 9.13. The summed E-state index contributed by atoms with van der Waals surface area (Å²) in [7, 11) is 0. The van der Waals surface area contributed by atoms with Crippen molar-refractivity contribution in [2.24, 2.45) is 5.92 Å². The molecule has 0 aliphatic carbocycles. The Morgan fingerprint density at radius 3 is 2.65 bits per heavy atom. The molecule has 0 saturated carbocycles. The van der Waals surface area contributed by atoms with Gasteiger partial charge in [0.15, 0.2) is 10.8 Å². The average molecular weight is 334 g/mol. The van der Waals surface area contributed by atoms with Crippen LogP contribution in [-0.2, 0) is 4.79 Å². The number of piperidine rings is 1. The second-order valence-electron chi connectivity index (χ2n) is 5.67. The topological polar surface area (TPSA) is 88.3 Å². The molecule has 0 unspecified atom stereocenters.